The lowest BCUT2D eigenvalue weighted by Crippen LogP contribution is -2.43. The molecule has 20 heavy (non-hydrogen) atoms. The number of rotatable bonds is 8. The molecule has 1 rings (SSSR count). The van der Waals surface area contributed by atoms with E-state index in [1.54, 1.807) is 7.05 Å². The van der Waals surface area contributed by atoms with Gasteiger partial charge in [-0.15, -0.1) is 0 Å². The number of hydrogen-bond donors (Lipinski definition) is 2. The van der Waals surface area contributed by atoms with E-state index in [0.29, 0.717) is 13.2 Å². The fraction of sp³-hybridized carbons (Fsp3) is 0.429. The largest absolute Gasteiger partial charge is 0.492 e. The van der Waals surface area contributed by atoms with E-state index in [1.807, 2.05) is 30.3 Å². The van der Waals surface area contributed by atoms with Crippen LogP contribution in [0.4, 0.5) is 0 Å². The number of carboxylic acids is 1. The van der Waals surface area contributed by atoms with E-state index >= 15 is 0 Å². The lowest BCUT2D eigenvalue weighted by Gasteiger charge is -2.21. The molecule has 0 bridgehead atoms. The Kier molecular flexibility index (Phi) is 6.52. The van der Waals surface area contributed by atoms with Gasteiger partial charge in [-0.05, 0) is 18.6 Å². The standard InChI is InChI=1S/C14H20N2O4/c1-16(14(19)12(15)7-8-13(17)18)9-10-20-11-5-3-2-4-6-11/h2-6,12H,7-10,15H2,1H3,(H,17,18). The Balaban J connectivity index is 2.29. The quantitative estimate of drug-likeness (QED) is 0.731. The molecule has 0 aliphatic carbocycles. The van der Waals surface area contributed by atoms with Gasteiger partial charge in [-0.2, -0.15) is 0 Å². The lowest BCUT2D eigenvalue weighted by molar-refractivity contribution is -0.137. The van der Waals surface area contributed by atoms with Gasteiger partial charge < -0.3 is 20.5 Å². The van der Waals surface area contributed by atoms with Gasteiger partial charge >= 0.3 is 5.97 Å². The Bertz CT molecular complexity index is 436. The van der Waals surface area contributed by atoms with E-state index in [1.165, 1.54) is 4.90 Å². The van der Waals surface area contributed by atoms with Gasteiger partial charge in [0.15, 0.2) is 0 Å². The second-order valence-electron chi connectivity index (χ2n) is 4.46. The minimum atomic E-state index is -0.955. The second kappa shape index (κ2) is 8.16. The minimum absolute atomic E-state index is 0.110. The van der Waals surface area contributed by atoms with Crippen LogP contribution in [0.15, 0.2) is 30.3 Å². The molecule has 110 valence electrons. The summed E-state index contributed by atoms with van der Waals surface area (Å²) in [7, 11) is 1.62. The van der Waals surface area contributed by atoms with Crippen molar-refractivity contribution in [2.24, 2.45) is 5.73 Å². The number of carboxylic acid groups (broad SMARTS) is 1. The van der Waals surface area contributed by atoms with Gasteiger partial charge in [0.25, 0.3) is 0 Å². The zero-order valence-corrected chi connectivity index (χ0v) is 11.5. The fourth-order valence-corrected chi connectivity index (χ4v) is 1.61. The smallest absolute Gasteiger partial charge is 0.303 e. The van der Waals surface area contributed by atoms with E-state index < -0.39 is 12.0 Å². The molecule has 1 amide bonds. The normalized spacial score (nSPS) is 11.7. The van der Waals surface area contributed by atoms with Crippen molar-refractivity contribution in [1.82, 2.24) is 4.90 Å². The maximum Gasteiger partial charge on any atom is 0.303 e. The molecule has 0 aliphatic heterocycles. The lowest BCUT2D eigenvalue weighted by atomic mass is 10.1. The van der Waals surface area contributed by atoms with Crippen LogP contribution in [-0.4, -0.2) is 48.1 Å². The summed E-state index contributed by atoms with van der Waals surface area (Å²) in [5.74, 6) is -0.491. The van der Waals surface area contributed by atoms with Crippen molar-refractivity contribution in [1.29, 1.82) is 0 Å². The van der Waals surface area contributed by atoms with Gasteiger partial charge in [0, 0.05) is 13.5 Å². The molecule has 0 fully saturated rings. The van der Waals surface area contributed by atoms with Gasteiger partial charge in [-0.25, -0.2) is 0 Å². The summed E-state index contributed by atoms with van der Waals surface area (Å²) >= 11 is 0. The molecule has 6 heteroatoms. The number of aliphatic carboxylic acids is 1. The van der Waals surface area contributed by atoms with Crippen LogP contribution < -0.4 is 10.5 Å². The number of amides is 1. The average molecular weight is 280 g/mol. The molecule has 0 heterocycles. The number of para-hydroxylation sites is 1. The molecule has 1 aromatic carbocycles. The average Bonchev–Trinajstić information content (AvgIpc) is 2.44. The maximum atomic E-state index is 11.9. The van der Waals surface area contributed by atoms with Crippen LogP contribution in [0.5, 0.6) is 5.75 Å². The summed E-state index contributed by atoms with van der Waals surface area (Å²) in [4.78, 5) is 23.7. The summed E-state index contributed by atoms with van der Waals surface area (Å²) in [6, 6.07) is 8.51. The molecule has 3 N–H and O–H groups in total. The fourth-order valence-electron chi connectivity index (χ4n) is 1.61. The van der Waals surface area contributed by atoms with Crippen molar-refractivity contribution < 1.29 is 19.4 Å². The summed E-state index contributed by atoms with van der Waals surface area (Å²) in [5, 5.41) is 8.55. The first-order chi connectivity index (χ1) is 9.50. The number of carbonyl (C=O) groups excluding carboxylic acids is 1. The Hall–Kier alpha value is -2.08. The SMILES string of the molecule is CN(CCOc1ccccc1)C(=O)C(N)CCC(=O)O. The number of benzene rings is 1. The molecule has 0 saturated heterocycles. The van der Waals surface area contributed by atoms with E-state index in [9.17, 15) is 9.59 Å². The van der Waals surface area contributed by atoms with Crippen LogP contribution in [0.1, 0.15) is 12.8 Å². The highest BCUT2D eigenvalue weighted by atomic mass is 16.5. The number of nitrogens with two attached hydrogens (primary N) is 1. The van der Waals surface area contributed by atoms with Crippen molar-refractivity contribution in [3.05, 3.63) is 30.3 Å². The first kappa shape index (κ1) is 16.0. The highest BCUT2D eigenvalue weighted by molar-refractivity contribution is 5.82. The third-order valence-electron chi connectivity index (χ3n) is 2.80. The van der Waals surface area contributed by atoms with Gasteiger partial charge in [0.1, 0.15) is 12.4 Å². The molecule has 1 aromatic rings. The van der Waals surface area contributed by atoms with Crippen molar-refractivity contribution >= 4 is 11.9 Å². The topological polar surface area (TPSA) is 92.9 Å². The Morgan fingerprint density at radius 2 is 2.00 bits per heavy atom. The van der Waals surface area contributed by atoms with Crippen LogP contribution in [-0.2, 0) is 9.59 Å². The van der Waals surface area contributed by atoms with Crippen LogP contribution >= 0.6 is 0 Å². The molecule has 0 aliphatic rings. The number of hydrogen-bond acceptors (Lipinski definition) is 4. The third kappa shape index (κ3) is 5.71. The van der Waals surface area contributed by atoms with Crippen LogP contribution in [0.3, 0.4) is 0 Å². The molecule has 0 saturated carbocycles. The monoisotopic (exact) mass is 280 g/mol. The molecular formula is C14H20N2O4. The van der Waals surface area contributed by atoms with Crippen molar-refractivity contribution in [3.8, 4) is 5.75 Å². The summed E-state index contributed by atoms with van der Waals surface area (Å²) in [6.07, 6.45) is 0.0271. The first-order valence-electron chi connectivity index (χ1n) is 6.41. The second-order valence-corrected chi connectivity index (χ2v) is 4.46. The maximum absolute atomic E-state index is 11.9. The van der Waals surface area contributed by atoms with Crippen LogP contribution in [0, 0.1) is 0 Å². The van der Waals surface area contributed by atoms with Crippen LogP contribution in [0.2, 0.25) is 0 Å². The molecule has 0 spiro atoms. The number of carbonyl (C=O) groups is 2. The Labute approximate surface area is 118 Å². The number of likely N-dealkylation sites (N-methyl/N-ethyl adjacent to an activating group) is 1. The summed E-state index contributed by atoms with van der Waals surface area (Å²) in [6.45, 7) is 0.756. The zero-order chi connectivity index (χ0) is 15.0. The molecule has 1 unspecified atom stereocenters. The van der Waals surface area contributed by atoms with Gasteiger partial charge in [0.2, 0.25) is 5.91 Å². The Morgan fingerprint density at radius 1 is 1.35 bits per heavy atom. The number of nitrogens with zero attached hydrogens (tertiary/aromatic N) is 1. The van der Waals surface area contributed by atoms with E-state index in [-0.39, 0.29) is 18.7 Å². The highest BCUT2D eigenvalue weighted by Gasteiger charge is 2.18. The molecule has 6 nitrogen and oxygen atoms in total. The van der Waals surface area contributed by atoms with Crippen molar-refractivity contribution in [3.63, 3.8) is 0 Å². The molecule has 0 radical (unpaired) electrons. The minimum Gasteiger partial charge on any atom is -0.492 e. The predicted octanol–water partition coefficient (Wildman–Crippen LogP) is 0.716. The van der Waals surface area contributed by atoms with Crippen LogP contribution in [0.25, 0.3) is 0 Å². The highest BCUT2D eigenvalue weighted by Crippen LogP contribution is 2.08. The van der Waals surface area contributed by atoms with Gasteiger partial charge in [-0.1, -0.05) is 18.2 Å². The third-order valence-corrected chi connectivity index (χ3v) is 2.80. The van der Waals surface area contributed by atoms with E-state index in [2.05, 4.69) is 0 Å². The summed E-state index contributed by atoms with van der Waals surface area (Å²) < 4.78 is 5.48. The molecular weight excluding hydrogens is 260 g/mol. The summed E-state index contributed by atoms with van der Waals surface area (Å²) in [5.41, 5.74) is 5.65. The van der Waals surface area contributed by atoms with Crippen molar-refractivity contribution in [2.75, 3.05) is 20.2 Å². The van der Waals surface area contributed by atoms with Crippen molar-refractivity contribution in [2.45, 2.75) is 18.9 Å². The van der Waals surface area contributed by atoms with E-state index in [4.69, 9.17) is 15.6 Å². The first-order valence-corrected chi connectivity index (χ1v) is 6.41. The molecule has 1 atom stereocenters. The van der Waals surface area contributed by atoms with Gasteiger partial charge in [-0.3, -0.25) is 9.59 Å². The molecule has 0 aromatic heterocycles. The van der Waals surface area contributed by atoms with Gasteiger partial charge in [0.05, 0.1) is 12.6 Å². The number of ether oxygens (including phenoxy) is 1. The zero-order valence-electron chi connectivity index (χ0n) is 11.5. The Morgan fingerprint density at radius 3 is 2.60 bits per heavy atom. The van der Waals surface area contributed by atoms with E-state index in [0.717, 1.165) is 5.75 Å². The predicted molar refractivity (Wildman–Crippen MR) is 74.4 cm³/mol.